The van der Waals surface area contributed by atoms with Gasteiger partial charge in [-0.25, -0.2) is 0 Å². The number of carbonyl (C=O) groups excluding carboxylic acids is 2. The van der Waals surface area contributed by atoms with Crippen molar-refractivity contribution in [1.82, 2.24) is 5.32 Å². The van der Waals surface area contributed by atoms with Crippen molar-refractivity contribution >= 4 is 35.2 Å². The normalized spacial score (nSPS) is 17.3. The average molecular weight is 336 g/mol. The summed E-state index contributed by atoms with van der Waals surface area (Å²) in [6.45, 7) is 0.681. The lowest BCUT2D eigenvalue weighted by molar-refractivity contribution is -0.137. The van der Waals surface area contributed by atoms with Crippen LogP contribution in [0.1, 0.15) is 19.3 Å². The van der Waals surface area contributed by atoms with Crippen LogP contribution in [0.5, 0.6) is 0 Å². The largest absolute Gasteiger partial charge is 0.481 e. The van der Waals surface area contributed by atoms with Crippen molar-refractivity contribution in [3.05, 3.63) is 24.3 Å². The highest BCUT2D eigenvalue weighted by Gasteiger charge is 2.34. The first-order valence-electron chi connectivity index (χ1n) is 7.45. The second kappa shape index (κ2) is 8.01. The van der Waals surface area contributed by atoms with Gasteiger partial charge in [0.2, 0.25) is 11.8 Å². The quantitative estimate of drug-likeness (QED) is 0.585. The summed E-state index contributed by atoms with van der Waals surface area (Å²) < 4.78 is 0. The topological polar surface area (TPSA) is 86.7 Å². The SMILES string of the molecule is CSc1ccc(N2C[C@H](C(=O)NCCCC(=O)O)CC2=O)cc1. The molecule has 1 atom stereocenters. The smallest absolute Gasteiger partial charge is 0.303 e. The highest BCUT2D eigenvalue weighted by Crippen LogP contribution is 2.27. The first-order valence-corrected chi connectivity index (χ1v) is 8.67. The van der Waals surface area contributed by atoms with Crippen molar-refractivity contribution in [2.45, 2.75) is 24.2 Å². The standard InChI is InChI=1S/C16H20N2O4S/c1-23-13-6-4-12(5-7-13)18-10-11(9-14(18)19)16(22)17-8-2-3-15(20)21/h4-7,11H,2-3,8-10H2,1H3,(H,17,22)(H,20,21)/t11-/m1/s1. The number of carboxylic acids is 1. The summed E-state index contributed by atoms with van der Waals surface area (Å²) in [7, 11) is 0. The molecule has 1 aliphatic heterocycles. The van der Waals surface area contributed by atoms with E-state index in [9.17, 15) is 14.4 Å². The zero-order valence-electron chi connectivity index (χ0n) is 12.9. The molecule has 2 rings (SSSR count). The molecule has 6 nitrogen and oxygen atoms in total. The van der Waals surface area contributed by atoms with Gasteiger partial charge < -0.3 is 15.3 Å². The van der Waals surface area contributed by atoms with E-state index >= 15 is 0 Å². The Bertz CT molecular complexity index is 588. The van der Waals surface area contributed by atoms with Crippen LogP contribution in [-0.2, 0) is 14.4 Å². The molecule has 0 bridgehead atoms. The lowest BCUT2D eigenvalue weighted by atomic mass is 10.1. The molecule has 1 heterocycles. The molecule has 0 radical (unpaired) electrons. The molecule has 0 saturated carbocycles. The summed E-state index contributed by atoms with van der Waals surface area (Å²) in [5, 5.41) is 11.3. The fourth-order valence-electron chi connectivity index (χ4n) is 2.49. The maximum absolute atomic E-state index is 12.1. The second-order valence-corrected chi connectivity index (χ2v) is 6.27. The van der Waals surface area contributed by atoms with Gasteiger partial charge in [0.05, 0.1) is 5.92 Å². The minimum Gasteiger partial charge on any atom is -0.481 e. The van der Waals surface area contributed by atoms with Crippen molar-refractivity contribution in [2.24, 2.45) is 5.92 Å². The van der Waals surface area contributed by atoms with E-state index in [4.69, 9.17) is 5.11 Å². The number of nitrogens with one attached hydrogen (secondary N) is 1. The van der Waals surface area contributed by atoms with Gasteiger partial charge in [-0.2, -0.15) is 0 Å². The van der Waals surface area contributed by atoms with Gasteiger partial charge in [-0.05, 0) is 36.9 Å². The molecule has 0 aliphatic carbocycles. The van der Waals surface area contributed by atoms with E-state index in [0.717, 1.165) is 10.6 Å². The van der Waals surface area contributed by atoms with Crippen LogP contribution in [-0.4, -0.2) is 42.2 Å². The molecule has 1 saturated heterocycles. The number of hydrogen-bond acceptors (Lipinski definition) is 4. The molecule has 23 heavy (non-hydrogen) atoms. The molecule has 0 unspecified atom stereocenters. The Hall–Kier alpha value is -2.02. The molecule has 1 fully saturated rings. The van der Waals surface area contributed by atoms with Crippen LogP contribution in [0.4, 0.5) is 5.69 Å². The molecular weight excluding hydrogens is 316 g/mol. The minimum absolute atomic E-state index is 0.0256. The van der Waals surface area contributed by atoms with Gasteiger partial charge in [0, 0.05) is 36.5 Å². The molecule has 124 valence electrons. The summed E-state index contributed by atoms with van der Waals surface area (Å²) in [4.78, 5) is 37.4. The van der Waals surface area contributed by atoms with Gasteiger partial charge in [0.25, 0.3) is 0 Å². The Kier molecular flexibility index (Phi) is 6.04. The summed E-state index contributed by atoms with van der Waals surface area (Å²) in [5.41, 5.74) is 0.800. The van der Waals surface area contributed by atoms with Crippen molar-refractivity contribution in [3.63, 3.8) is 0 Å². The van der Waals surface area contributed by atoms with Crippen LogP contribution in [0.2, 0.25) is 0 Å². The summed E-state index contributed by atoms with van der Waals surface area (Å²) in [5.74, 6) is -1.51. The predicted octanol–water partition coefficient (Wildman–Crippen LogP) is 1.74. The predicted molar refractivity (Wildman–Crippen MR) is 88.6 cm³/mol. The number of thioether (sulfide) groups is 1. The fraction of sp³-hybridized carbons (Fsp3) is 0.438. The highest BCUT2D eigenvalue weighted by atomic mass is 32.2. The molecule has 1 aromatic carbocycles. The number of amides is 2. The summed E-state index contributed by atoms with van der Waals surface area (Å²) in [6.07, 6.45) is 2.59. The molecule has 0 aromatic heterocycles. The molecule has 2 N–H and O–H groups in total. The number of carboxylic acid groups (broad SMARTS) is 1. The Morgan fingerprint density at radius 2 is 2.04 bits per heavy atom. The zero-order valence-corrected chi connectivity index (χ0v) is 13.8. The Morgan fingerprint density at radius 1 is 1.35 bits per heavy atom. The van der Waals surface area contributed by atoms with Crippen molar-refractivity contribution < 1.29 is 19.5 Å². The number of nitrogens with zero attached hydrogens (tertiary/aromatic N) is 1. The van der Waals surface area contributed by atoms with Gasteiger partial charge >= 0.3 is 5.97 Å². The van der Waals surface area contributed by atoms with Gasteiger partial charge in [-0.1, -0.05) is 0 Å². The monoisotopic (exact) mass is 336 g/mol. The van der Waals surface area contributed by atoms with Crippen LogP contribution in [0, 0.1) is 5.92 Å². The minimum atomic E-state index is -0.879. The second-order valence-electron chi connectivity index (χ2n) is 5.39. The summed E-state index contributed by atoms with van der Waals surface area (Å²) >= 11 is 1.63. The Balaban J connectivity index is 1.88. The number of benzene rings is 1. The van der Waals surface area contributed by atoms with E-state index in [-0.39, 0.29) is 30.6 Å². The average Bonchev–Trinajstić information content (AvgIpc) is 2.93. The fourth-order valence-corrected chi connectivity index (χ4v) is 2.90. The van der Waals surface area contributed by atoms with Gasteiger partial charge in [-0.15, -0.1) is 11.8 Å². The van der Waals surface area contributed by atoms with Gasteiger partial charge in [0.15, 0.2) is 0 Å². The molecule has 0 spiro atoms. The maximum atomic E-state index is 12.1. The molecule has 7 heteroatoms. The van der Waals surface area contributed by atoms with Crippen molar-refractivity contribution in [3.8, 4) is 0 Å². The van der Waals surface area contributed by atoms with Crippen LogP contribution in [0.15, 0.2) is 29.2 Å². The number of aliphatic carboxylic acids is 1. The number of hydrogen-bond donors (Lipinski definition) is 2. The number of carbonyl (C=O) groups is 3. The molecule has 2 amide bonds. The Labute approximate surface area is 139 Å². The lowest BCUT2D eigenvalue weighted by Gasteiger charge is -2.17. The lowest BCUT2D eigenvalue weighted by Crippen LogP contribution is -2.33. The van der Waals surface area contributed by atoms with Crippen LogP contribution in [0.3, 0.4) is 0 Å². The molecule has 1 aromatic rings. The Morgan fingerprint density at radius 3 is 2.65 bits per heavy atom. The first-order chi connectivity index (χ1) is 11.0. The summed E-state index contributed by atoms with van der Waals surface area (Å²) in [6, 6.07) is 7.67. The third-order valence-electron chi connectivity index (χ3n) is 3.75. The van der Waals surface area contributed by atoms with Crippen LogP contribution in [0.25, 0.3) is 0 Å². The maximum Gasteiger partial charge on any atom is 0.303 e. The van der Waals surface area contributed by atoms with E-state index in [1.165, 1.54) is 0 Å². The van der Waals surface area contributed by atoms with Crippen molar-refractivity contribution in [1.29, 1.82) is 0 Å². The number of anilines is 1. The van der Waals surface area contributed by atoms with Crippen molar-refractivity contribution in [2.75, 3.05) is 24.2 Å². The van der Waals surface area contributed by atoms with E-state index in [0.29, 0.717) is 19.5 Å². The zero-order chi connectivity index (χ0) is 16.8. The molecule has 1 aliphatic rings. The van der Waals surface area contributed by atoms with Gasteiger partial charge in [0.1, 0.15) is 0 Å². The van der Waals surface area contributed by atoms with Gasteiger partial charge in [-0.3, -0.25) is 14.4 Å². The highest BCUT2D eigenvalue weighted by molar-refractivity contribution is 7.98. The van der Waals surface area contributed by atoms with E-state index < -0.39 is 5.97 Å². The third kappa shape index (κ3) is 4.72. The van der Waals surface area contributed by atoms with E-state index in [1.807, 2.05) is 30.5 Å². The number of rotatable bonds is 7. The van der Waals surface area contributed by atoms with E-state index in [1.54, 1.807) is 16.7 Å². The third-order valence-corrected chi connectivity index (χ3v) is 4.49. The van der Waals surface area contributed by atoms with E-state index in [2.05, 4.69) is 5.32 Å². The molecular formula is C16H20N2O4S. The van der Waals surface area contributed by atoms with Crippen LogP contribution < -0.4 is 10.2 Å². The first kappa shape index (κ1) is 17.3. The van der Waals surface area contributed by atoms with Crippen LogP contribution >= 0.6 is 11.8 Å².